The van der Waals surface area contributed by atoms with Crippen molar-refractivity contribution in [1.29, 1.82) is 0 Å². The van der Waals surface area contributed by atoms with E-state index >= 15 is 0 Å². The van der Waals surface area contributed by atoms with Gasteiger partial charge in [0.1, 0.15) is 0 Å². The van der Waals surface area contributed by atoms with Crippen LogP contribution in [0.5, 0.6) is 11.5 Å². The molecule has 0 aliphatic carbocycles. The highest BCUT2D eigenvalue weighted by Gasteiger charge is 2.12. The summed E-state index contributed by atoms with van der Waals surface area (Å²) in [5, 5.41) is 8.26. The molecule has 1 heterocycles. The van der Waals surface area contributed by atoms with Gasteiger partial charge in [-0.05, 0) is 30.0 Å². The van der Waals surface area contributed by atoms with E-state index in [1.807, 2.05) is 5.92 Å². The first-order valence-corrected chi connectivity index (χ1v) is 4.40. The van der Waals surface area contributed by atoms with Gasteiger partial charge in [0, 0.05) is 11.5 Å². The first kappa shape index (κ1) is 9.95. The summed E-state index contributed by atoms with van der Waals surface area (Å²) < 4.78 is 10.3. The summed E-state index contributed by atoms with van der Waals surface area (Å²) in [4.78, 5) is 10.1. The van der Waals surface area contributed by atoms with E-state index in [0.29, 0.717) is 17.1 Å². The van der Waals surface area contributed by atoms with Crippen LogP contribution in [0.15, 0.2) is 18.2 Å². The topological polar surface area (TPSA) is 55.8 Å². The number of hydrogen-bond donors (Lipinski definition) is 1. The van der Waals surface area contributed by atoms with E-state index in [2.05, 4.69) is 17.8 Å². The lowest BCUT2D eigenvalue weighted by Gasteiger charge is -1.94. The highest BCUT2D eigenvalue weighted by Crippen LogP contribution is 2.32. The zero-order valence-corrected chi connectivity index (χ0v) is 8.11. The maximum atomic E-state index is 10.1. The monoisotopic (exact) mass is 214 g/mol. The van der Waals surface area contributed by atoms with Gasteiger partial charge in [-0.1, -0.05) is 5.92 Å². The molecule has 0 aromatic heterocycles. The van der Waals surface area contributed by atoms with Crippen LogP contribution in [0.4, 0.5) is 0 Å². The first-order valence-electron chi connectivity index (χ1n) is 4.40. The minimum Gasteiger partial charge on any atom is -0.472 e. The normalized spacial score (nSPS) is 10.8. The fourth-order valence-corrected chi connectivity index (χ4v) is 1.16. The number of carboxylic acid groups (broad SMARTS) is 1. The Balaban J connectivity index is 2.17. The van der Waals surface area contributed by atoms with Crippen molar-refractivity contribution < 1.29 is 19.4 Å². The maximum absolute atomic E-state index is 10.1. The molecule has 1 aromatic carbocycles. The number of carbonyl (C=O) groups is 1. The van der Waals surface area contributed by atoms with Gasteiger partial charge in [-0.25, -0.2) is 4.79 Å². The van der Waals surface area contributed by atoms with Crippen molar-refractivity contribution in [2.24, 2.45) is 0 Å². The number of fused-ring (bicyclic) bond motifs is 1. The third-order valence-electron chi connectivity index (χ3n) is 1.81. The molecule has 4 heteroatoms. The van der Waals surface area contributed by atoms with Gasteiger partial charge in [0.05, 0.1) is 0 Å². The van der Waals surface area contributed by atoms with Crippen molar-refractivity contribution >= 4 is 5.97 Å². The molecular weight excluding hydrogens is 208 g/mol. The van der Waals surface area contributed by atoms with Gasteiger partial charge in [0.2, 0.25) is 6.79 Å². The lowest BCUT2D eigenvalue weighted by Crippen LogP contribution is -1.92. The largest absolute Gasteiger partial charge is 0.472 e. The van der Waals surface area contributed by atoms with Crippen LogP contribution in [0.25, 0.3) is 0 Å². The van der Waals surface area contributed by atoms with Gasteiger partial charge < -0.3 is 14.6 Å². The minimum absolute atomic E-state index is 0.213. The molecule has 0 unspecified atom stereocenters. The van der Waals surface area contributed by atoms with Crippen LogP contribution in [0.1, 0.15) is 5.56 Å². The Morgan fingerprint density at radius 3 is 2.88 bits per heavy atom. The van der Waals surface area contributed by atoms with Gasteiger partial charge in [-0.3, -0.25) is 0 Å². The molecule has 16 heavy (non-hydrogen) atoms. The molecule has 1 aromatic rings. The van der Waals surface area contributed by atoms with Crippen LogP contribution >= 0.6 is 0 Å². The molecule has 0 fully saturated rings. The summed E-state index contributed by atoms with van der Waals surface area (Å²) >= 11 is 0. The summed E-state index contributed by atoms with van der Waals surface area (Å²) in [7, 11) is 0. The average molecular weight is 214 g/mol. The molecule has 0 bridgehead atoms. The van der Waals surface area contributed by atoms with Gasteiger partial charge in [-0.2, -0.15) is 0 Å². The Bertz CT molecular complexity index is 552. The fourth-order valence-electron chi connectivity index (χ4n) is 1.16. The second-order valence-corrected chi connectivity index (χ2v) is 2.87. The molecule has 78 valence electrons. The van der Waals surface area contributed by atoms with Crippen molar-refractivity contribution in [3.63, 3.8) is 0 Å². The molecule has 0 atom stereocenters. The summed E-state index contributed by atoms with van der Waals surface area (Å²) in [5.41, 5.74) is 0.698. The third-order valence-corrected chi connectivity index (χ3v) is 1.81. The zero-order valence-electron chi connectivity index (χ0n) is 8.11. The molecule has 0 spiro atoms. The number of carboxylic acids is 1. The Kier molecular flexibility index (Phi) is 2.67. The molecular formula is C12H6O4. The SMILES string of the molecule is O=C(O)C#CC#Cc1ccc2c(c1)OCO2. The van der Waals surface area contributed by atoms with E-state index in [4.69, 9.17) is 14.6 Å². The fraction of sp³-hybridized carbons (Fsp3) is 0.0833. The lowest BCUT2D eigenvalue weighted by atomic mass is 10.2. The molecule has 0 saturated heterocycles. The summed E-state index contributed by atoms with van der Waals surface area (Å²) in [5.74, 6) is 9.39. The smallest absolute Gasteiger partial charge is 0.382 e. The van der Waals surface area contributed by atoms with Crippen LogP contribution in [-0.2, 0) is 4.79 Å². The zero-order chi connectivity index (χ0) is 11.4. The number of rotatable bonds is 0. The Labute approximate surface area is 91.8 Å². The molecule has 0 radical (unpaired) electrons. The Morgan fingerprint density at radius 2 is 2.06 bits per heavy atom. The van der Waals surface area contributed by atoms with Crippen molar-refractivity contribution in [2.45, 2.75) is 0 Å². The van der Waals surface area contributed by atoms with Crippen molar-refractivity contribution in [3.05, 3.63) is 23.8 Å². The quantitative estimate of drug-likeness (QED) is 0.650. The lowest BCUT2D eigenvalue weighted by molar-refractivity contribution is -0.130. The van der Waals surface area contributed by atoms with Crippen molar-refractivity contribution in [3.8, 4) is 35.2 Å². The second kappa shape index (κ2) is 4.29. The Hall–Kier alpha value is -2.59. The third kappa shape index (κ3) is 2.26. The van der Waals surface area contributed by atoms with Crippen LogP contribution in [0.2, 0.25) is 0 Å². The number of aliphatic carboxylic acids is 1. The highest BCUT2D eigenvalue weighted by atomic mass is 16.7. The molecule has 1 aliphatic rings. The Morgan fingerprint density at radius 1 is 1.25 bits per heavy atom. The molecule has 0 amide bonds. The summed E-state index contributed by atoms with van der Waals surface area (Å²) in [6.45, 7) is 0.213. The average Bonchev–Trinajstić information content (AvgIpc) is 2.71. The van der Waals surface area contributed by atoms with Crippen LogP contribution in [0.3, 0.4) is 0 Å². The molecule has 1 N–H and O–H groups in total. The van der Waals surface area contributed by atoms with Crippen LogP contribution in [-0.4, -0.2) is 17.9 Å². The van der Waals surface area contributed by atoms with Crippen LogP contribution in [0, 0.1) is 23.7 Å². The number of hydrogen-bond acceptors (Lipinski definition) is 3. The van der Waals surface area contributed by atoms with E-state index in [-0.39, 0.29) is 6.79 Å². The predicted octanol–water partition coefficient (Wildman–Crippen LogP) is 0.855. The number of benzene rings is 1. The molecule has 0 saturated carbocycles. The second-order valence-electron chi connectivity index (χ2n) is 2.87. The highest BCUT2D eigenvalue weighted by molar-refractivity contribution is 5.87. The van der Waals surface area contributed by atoms with Gasteiger partial charge in [-0.15, -0.1) is 0 Å². The predicted molar refractivity (Wildman–Crippen MR) is 54.9 cm³/mol. The maximum Gasteiger partial charge on any atom is 0.382 e. The minimum atomic E-state index is -1.19. The molecule has 4 nitrogen and oxygen atoms in total. The van der Waals surface area contributed by atoms with Gasteiger partial charge in [0.15, 0.2) is 11.5 Å². The molecule has 1 aliphatic heterocycles. The summed E-state index contributed by atoms with van der Waals surface area (Å²) in [6.07, 6.45) is 0. The standard InChI is InChI=1S/C12H6O4/c13-12(14)4-2-1-3-9-5-6-10-11(7-9)16-8-15-10/h5-7H,8H2,(H,13,14). The molecule has 2 rings (SSSR count). The van der Waals surface area contributed by atoms with Crippen molar-refractivity contribution in [2.75, 3.05) is 6.79 Å². The van der Waals surface area contributed by atoms with E-state index in [1.54, 1.807) is 18.2 Å². The van der Waals surface area contributed by atoms with Gasteiger partial charge >= 0.3 is 5.97 Å². The van der Waals surface area contributed by atoms with Crippen LogP contribution < -0.4 is 9.47 Å². The first-order chi connectivity index (χ1) is 7.75. The summed E-state index contributed by atoms with van der Waals surface area (Å²) in [6, 6.07) is 5.22. The number of ether oxygens (including phenoxy) is 2. The van der Waals surface area contributed by atoms with Crippen molar-refractivity contribution in [1.82, 2.24) is 0 Å². The van der Waals surface area contributed by atoms with E-state index in [1.165, 1.54) is 0 Å². The van der Waals surface area contributed by atoms with E-state index < -0.39 is 5.97 Å². The van der Waals surface area contributed by atoms with E-state index in [0.717, 1.165) is 0 Å². The van der Waals surface area contributed by atoms with E-state index in [9.17, 15) is 4.79 Å². The van der Waals surface area contributed by atoms with Gasteiger partial charge in [0.25, 0.3) is 0 Å².